The molecule has 3 rings (SSSR count). The molecule has 23 heteroatoms. The number of carbonyl (C=O) groups excluding carboxylic acids is 2. The van der Waals surface area contributed by atoms with Gasteiger partial charge in [0.1, 0.15) is 67.1 Å². The molecule has 3 heterocycles. The van der Waals surface area contributed by atoms with Crippen molar-refractivity contribution in [1.29, 1.82) is 0 Å². The van der Waals surface area contributed by atoms with Crippen LogP contribution in [0.5, 0.6) is 0 Å². The van der Waals surface area contributed by atoms with Gasteiger partial charge in [0, 0.05) is 19.8 Å². The zero-order chi connectivity index (χ0) is 67.5. The van der Waals surface area contributed by atoms with Crippen molar-refractivity contribution < 1.29 is 104 Å². The predicted octanol–water partition coefficient (Wildman–Crippen LogP) is 7.29. The number of ether oxygens (including phenoxy) is 6. The molecule has 3 saturated heterocycles. The maximum atomic E-state index is 13.5. The molecular weight excluding hydrogens is 1190 g/mol. The number of carbonyl (C=O) groups is 3. The topological polar surface area (TPSA) is 373 Å². The summed E-state index contributed by atoms with van der Waals surface area (Å²) in [6.07, 6.45) is 18.2. The number of carboxylic acids is 1. The van der Waals surface area contributed by atoms with E-state index in [2.05, 4.69) is 24.5 Å². The Labute approximate surface area is 550 Å². The number of aliphatic carboxylic acids is 1. The molecule has 0 bridgehead atoms. The molecule has 92 heavy (non-hydrogen) atoms. The van der Waals surface area contributed by atoms with E-state index in [9.17, 15) is 75.7 Å². The number of aliphatic hydroxyl groups is 11. The van der Waals surface area contributed by atoms with E-state index >= 15 is 0 Å². The number of nitrogens with one attached hydrogen (secondary N) is 2. The fraction of sp³-hybridized carbons (Fsp3) is 0.957. The standard InChI is InChI=1S/C69H130N2O21/c1-4-6-8-10-12-14-16-18-20-21-22-23-24-25-26-27-28-29-31-33-35-37-39-41-43-56(79)71-50(51(76)42-40-38-36-34-32-30-19-17-15-13-11-9-7-5-2)48-87-66-61(83)60(82)63(55(47-74)89-66)90-67-62(84)65(59(81)54(46-73)88-67)92-69(68(85)86)44-52(77)57(70-49(3)75)64(91-69)58(80)53(78)45-72/h50-55,57-67,72-74,76-78,80-84H,4-48H2,1-3H3,(H,70,75)(H,71,79)(H,85,86). The van der Waals surface area contributed by atoms with Crippen LogP contribution in [0.1, 0.15) is 284 Å². The van der Waals surface area contributed by atoms with Crippen molar-refractivity contribution in [3.8, 4) is 0 Å². The molecule has 0 radical (unpaired) electrons. The van der Waals surface area contributed by atoms with Crippen molar-refractivity contribution in [2.45, 2.75) is 394 Å². The van der Waals surface area contributed by atoms with Gasteiger partial charge in [-0.25, -0.2) is 4.79 Å². The van der Waals surface area contributed by atoms with Crippen LogP contribution < -0.4 is 10.6 Å². The molecule has 2 amide bonds. The lowest BCUT2D eigenvalue weighted by Gasteiger charge is -2.50. The molecule has 3 fully saturated rings. The van der Waals surface area contributed by atoms with E-state index in [1.165, 1.54) is 186 Å². The minimum Gasteiger partial charge on any atom is -0.477 e. The Kier molecular flexibility index (Phi) is 45.7. The van der Waals surface area contributed by atoms with Gasteiger partial charge in [-0.3, -0.25) is 9.59 Å². The van der Waals surface area contributed by atoms with Gasteiger partial charge in [-0.05, 0) is 12.8 Å². The van der Waals surface area contributed by atoms with Crippen LogP contribution in [0.3, 0.4) is 0 Å². The average molecular weight is 1320 g/mol. The molecular formula is C69H130N2O21. The Hall–Kier alpha value is -2.27. The third-order valence-corrected chi connectivity index (χ3v) is 18.8. The zero-order valence-electron chi connectivity index (χ0n) is 56.7. The molecule has 23 nitrogen and oxygen atoms in total. The van der Waals surface area contributed by atoms with Crippen LogP contribution in [-0.2, 0) is 42.8 Å². The summed E-state index contributed by atoms with van der Waals surface area (Å²) in [6, 6.07) is -2.52. The normalized spacial score (nSPS) is 28.2. The second-order valence-corrected chi connectivity index (χ2v) is 26.8. The Morgan fingerprint density at radius 3 is 1.36 bits per heavy atom. The van der Waals surface area contributed by atoms with Gasteiger partial charge in [-0.1, -0.05) is 251 Å². The summed E-state index contributed by atoms with van der Waals surface area (Å²) in [4.78, 5) is 38.6. The van der Waals surface area contributed by atoms with E-state index in [0.29, 0.717) is 19.3 Å². The molecule has 18 atom stereocenters. The van der Waals surface area contributed by atoms with Gasteiger partial charge < -0.3 is 100 Å². The highest BCUT2D eigenvalue weighted by Gasteiger charge is 2.60. The number of hydrogen-bond acceptors (Lipinski definition) is 20. The first-order valence-electron chi connectivity index (χ1n) is 36.4. The van der Waals surface area contributed by atoms with Crippen molar-refractivity contribution in [3.05, 3.63) is 0 Å². The van der Waals surface area contributed by atoms with E-state index in [-0.39, 0.29) is 18.9 Å². The van der Waals surface area contributed by atoms with E-state index < -0.39 is 148 Å². The third kappa shape index (κ3) is 31.9. The fourth-order valence-corrected chi connectivity index (χ4v) is 13.0. The Balaban J connectivity index is 1.54. The van der Waals surface area contributed by atoms with E-state index in [4.69, 9.17) is 28.4 Å². The van der Waals surface area contributed by atoms with Gasteiger partial charge in [0.2, 0.25) is 11.8 Å². The van der Waals surface area contributed by atoms with E-state index in [0.717, 1.165) is 51.9 Å². The molecule has 0 aliphatic carbocycles. The summed E-state index contributed by atoms with van der Waals surface area (Å²) in [6.45, 7) is 2.23. The molecule has 542 valence electrons. The number of carboxylic acid groups (broad SMARTS) is 1. The predicted molar refractivity (Wildman–Crippen MR) is 348 cm³/mol. The molecule has 0 aromatic carbocycles. The largest absolute Gasteiger partial charge is 0.477 e. The number of rotatable bonds is 56. The van der Waals surface area contributed by atoms with Crippen LogP contribution in [0.4, 0.5) is 0 Å². The number of amides is 2. The third-order valence-electron chi connectivity index (χ3n) is 18.8. The summed E-state index contributed by atoms with van der Waals surface area (Å²) in [5, 5.41) is 136. The van der Waals surface area contributed by atoms with Crippen LogP contribution >= 0.6 is 0 Å². The summed E-state index contributed by atoms with van der Waals surface area (Å²) >= 11 is 0. The first-order chi connectivity index (χ1) is 44.4. The first kappa shape index (κ1) is 84.0. The van der Waals surface area contributed by atoms with Crippen LogP contribution in [0.25, 0.3) is 0 Å². The number of hydrogen-bond donors (Lipinski definition) is 14. The fourth-order valence-electron chi connectivity index (χ4n) is 13.0. The lowest BCUT2D eigenvalue weighted by molar-refractivity contribution is -0.386. The Morgan fingerprint density at radius 1 is 0.522 bits per heavy atom. The summed E-state index contributed by atoms with van der Waals surface area (Å²) < 4.78 is 34.9. The molecule has 3 aliphatic heterocycles. The molecule has 0 spiro atoms. The molecule has 0 saturated carbocycles. The number of unbranched alkanes of at least 4 members (excludes halogenated alkanes) is 36. The van der Waals surface area contributed by atoms with Crippen molar-refractivity contribution in [2.75, 3.05) is 26.4 Å². The maximum Gasteiger partial charge on any atom is 0.364 e. The monoisotopic (exact) mass is 1320 g/mol. The van der Waals surface area contributed by atoms with Crippen molar-refractivity contribution in [3.63, 3.8) is 0 Å². The summed E-state index contributed by atoms with van der Waals surface area (Å²) in [7, 11) is 0. The van der Waals surface area contributed by atoms with Gasteiger partial charge in [0.25, 0.3) is 5.79 Å². The molecule has 14 N–H and O–H groups in total. The Bertz CT molecular complexity index is 1860. The minimum absolute atomic E-state index is 0.229. The lowest BCUT2D eigenvalue weighted by atomic mass is 9.88. The van der Waals surface area contributed by atoms with Gasteiger partial charge >= 0.3 is 5.97 Å². The summed E-state index contributed by atoms with van der Waals surface area (Å²) in [5.41, 5.74) is 0. The van der Waals surface area contributed by atoms with Crippen LogP contribution in [0.2, 0.25) is 0 Å². The lowest BCUT2D eigenvalue weighted by Crippen LogP contribution is -2.70. The summed E-state index contributed by atoms with van der Waals surface area (Å²) in [5.74, 6) is -6.09. The first-order valence-corrected chi connectivity index (χ1v) is 36.4. The van der Waals surface area contributed by atoms with Crippen LogP contribution in [0, 0.1) is 0 Å². The molecule has 0 aromatic rings. The quantitative estimate of drug-likeness (QED) is 0.0266. The second kappa shape index (κ2) is 50.1. The van der Waals surface area contributed by atoms with Crippen LogP contribution in [0.15, 0.2) is 0 Å². The van der Waals surface area contributed by atoms with E-state index in [1.54, 1.807) is 0 Å². The van der Waals surface area contributed by atoms with Crippen LogP contribution in [-0.4, -0.2) is 215 Å². The highest BCUT2D eigenvalue weighted by atomic mass is 16.8. The molecule has 3 aliphatic rings. The second-order valence-electron chi connectivity index (χ2n) is 26.8. The SMILES string of the molecule is CCCCCCCCCCCCCCCCCCCCCCCCCCC(=O)NC(COC1OC(CO)C(OC2OC(CO)C(O)C(OC3(C(=O)O)CC(O)C(NC(C)=O)C(C(O)C(O)CO)O3)C2O)C(O)C1O)C(O)CCCCCCCCCCCCCCCC. The maximum absolute atomic E-state index is 13.5. The van der Waals surface area contributed by atoms with Gasteiger partial charge in [0.15, 0.2) is 12.6 Å². The van der Waals surface area contributed by atoms with E-state index in [1.807, 2.05) is 0 Å². The van der Waals surface area contributed by atoms with Crippen molar-refractivity contribution >= 4 is 17.8 Å². The van der Waals surface area contributed by atoms with Crippen molar-refractivity contribution in [2.24, 2.45) is 0 Å². The number of aliphatic hydroxyl groups excluding tert-OH is 11. The van der Waals surface area contributed by atoms with Gasteiger partial charge in [0.05, 0.1) is 50.7 Å². The highest BCUT2D eigenvalue weighted by molar-refractivity contribution is 5.77. The molecule has 0 aromatic heterocycles. The highest BCUT2D eigenvalue weighted by Crippen LogP contribution is 2.39. The Morgan fingerprint density at radius 2 is 0.946 bits per heavy atom. The van der Waals surface area contributed by atoms with Gasteiger partial charge in [-0.15, -0.1) is 0 Å². The van der Waals surface area contributed by atoms with Crippen molar-refractivity contribution in [1.82, 2.24) is 10.6 Å². The zero-order valence-corrected chi connectivity index (χ0v) is 56.7. The molecule has 18 unspecified atom stereocenters. The smallest absolute Gasteiger partial charge is 0.364 e. The minimum atomic E-state index is -3.08. The van der Waals surface area contributed by atoms with Gasteiger partial charge in [-0.2, -0.15) is 0 Å². The average Bonchev–Trinajstić information content (AvgIpc) is 0.768.